The molecule has 0 spiro atoms. The molecule has 0 aromatic carbocycles. The van der Waals surface area contributed by atoms with Crippen molar-refractivity contribution in [3.05, 3.63) is 0 Å². The summed E-state index contributed by atoms with van der Waals surface area (Å²) in [6.07, 6.45) is 11.2. The normalized spacial score (nSPS) is 12.8. The molecule has 0 bridgehead atoms. The lowest BCUT2D eigenvalue weighted by Gasteiger charge is -2.17. The van der Waals surface area contributed by atoms with Gasteiger partial charge >= 0.3 is 5.97 Å². The molecule has 1 amide bonds. The number of aliphatic carboxylic acids is 1. The van der Waals surface area contributed by atoms with Crippen molar-refractivity contribution >= 4 is 23.6 Å². The molecule has 0 saturated carbocycles. The monoisotopic (exact) mass is 373 g/mol. The SMILES string of the molecule is CCCC(NC(=O)CCCCCCCCCCSC(C)(C)C)C(=O)O. The van der Waals surface area contributed by atoms with Gasteiger partial charge in [0.15, 0.2) is 0 Å². The first-order chi connectivity index (χ1) is 11.8. The second-order valence-electron chi connectivity index (χ2n) is 7.79. The van der Waals surface area contributed by atoms with Crippen LogP contribution in [0.2, 0.25) is 0 Å². The molecule has 1 unspecified atom stereocenters. The number of unbranched alkanes of at least 4 members (excludes halogenated alkanes) is 7. The van der Waals surface area contributed by atoms with Crippen molar-refractivity contribution in [1.29, 1.82) is 0 Å². The molecule has 1 atom stereocenters. The van der Waals surface area contributed by atoms with Gasteiger partial charge in [-0.25, -0.2) is 4.79 Å². The summed E-state index contributed by atoms with van der Waals surface area (Å²) in [5.74, 6) is 0.196. The molecule has 0 aromatic heterocycles. The number of carbonyl (C=O) groups excluding carboxylic acids is 1. The van der Waals surface area contributed by atoms with Crippen molar-refractivity contribution in [2.45, 2.75) is 109 Å². The summed E-state index contributed by atoms with van der Waals surface area (Å²) in [4.78, 5) is 22.8. The minimum Gasteiger partial charge on any atom is -0.480 e. The first-order valence-electron chi connectivity index (χ1n) is 9.92. The maximum Gasteiger partial charge on any atom is 0.326 e. The lowest BCUT2D eigenvalue weighted by molar-refractivity contribution is -0.142. The molecule has 0 aliphatic carbocycles. The molecule has 0 heterocycles. The third-order valence-electron chi connectivity index (χ3n) is 4.04. The van der Waals surface area contributed by atoms with Crippen LogP contribution in [-0.2, 0) is 9.59 Å². The molecule has 0 aliphatic heterocycles. The van der Waals surface area contributed by atoms with Crippen molar-refractivity contribution in [1.82, 2.24) is 5.32 Å². The van der Waals surface area contributed by atoms with E-state index in [1.165, 1.54) is 44.3 Å². The van der Waals surface area contributed by atoms with Crippen LogP contribution >= 0.6 is 11.8 Å². The highest BCUT2D eigenvalue weighted by Crippen LogP contribution is 2.24. The fourth-order valence-corrected chi connectivity index (χ4v) is 3.60. The molecule has 5 heteroatoms. The first kappa shape index (κ1) is 24.3. The van der Waals surface area contributed by atoms with Crippen LogP contribution in [0.15, 0.2) is 0 Å². The molecule has 0 aromatic rings. The Morgan fingerprint density at radius 2 is 1.48 bits per heavy atom. The summed E-state index contributed by atoms with van der Waals surface area (Å²) in [6, 6.07) is -0.728. The third kappa shape index (κ3) is 16.5. The lowest BCUT2D eigenvalue weighted by atomic mass is 10.1. The van der Waals surface area contributed by atoms with Crippen LogP contribution in [0.1, 0.15) is 98.3 Å². The third-order valence-corrected chi connectivity index (χ3v) is 5.40. The number of carboxylic acid groups (broad SMARTS) is 1. The molecule has 25 heavy (non-hydrogen) atoms. The Balaban J connectivity index is 3.46. The first-order valence-corrected chi connectivity index (χ1v) is 10.9. The molecular weight excluding hydrogens is 334 g/mol. The molecule has 4 nitrogen and oxygen atoms in total. The van der Waals surface area contributed by atoms with Crippen LogP contribution in [0, 0.1) is 0 Å². The van der Waals surface area contributed by atoms with Gasteiger partial charge in [-0.1, -0.05) is 72.6 Å². The zero-order valence-corrected chi connectivity index (χ0v) is 17.6. The van der Waals surface area contributed by atoms with Crippen LogP contribution in [0.5, 0.6) is 0 Å². The maximum absolute atomic E-state index is 11.8. The fraction of sp³-hybridized carbons (Fsp3) is 0.900. The Bertz CT molecular complexity index is 366. The number of nitrogens with one attached hydrogen (secondary N) is 1. The van der Waals surface area contributed by atoms with E-state index in [9.17, 15) is 9.59 Å². The van der Waals surface area contributed by atoms with E-state index in [0.717, 1.165) is 19.3 Å². The molecule has 0 aliphatic rings. The number of hydrogen-bond donors (Lipinski definition) is 2. The van der Waals surface area contributed by atoms with Gasteiger partial charge < -0.3 is 10.4 Å². The second-order valence-corrected chi connectivity index (χ2v) is 9.71. The quantitative estimate of drug-likeness (QED) is 0.377. The molecule has 148 valence electrons. The van der Waals surface area contributed by atoms with Crippen LogP contribution in [0.25, 0.3) is 0 Å². The molecule has 0 radical (unpaired) electrons. The molecular formula is C20H39NO3S. The second kappa shape index (κ2) is 14.5. The summed E-state index contributed by atoms with van der Waals surface area (Å²) in [5, 5.41) is 11.6. The summed E-state index contributed by atoms with van der Waals surface area (Å²) in [5.41, 5.74) is 0. The average molecular weight is 374 g/mol. The van der Waals surface area contributed by atoms with Crippen molar-refractivity contribution in [3.63, 3.8) is 0 Å². The van der Waals surface area contributed by atoms with Gasteiger partial charge in [-0.2, -0.15) is 11.8 Å². The zero-order chi connectivity index (χ0) is 19.1. The number of hydrogen-bond acceptors (Lipinski definition) is 3. The highest BCUT2D eigenvalue weighted by atomic mass is 32.2. The number of carboxylic acids is 1. The Morgan fingerprint density at radius 1 is 0.960 bits per heavy atom. The number of thioether (sulfide) groups is 1. The summed E-state index contributed by atoms with van der Waals surface area (Å²) < 4.78 is 0.382. The van der Waals surface area contributed by atoms with Gasteiger partial charge in [0.05, 0.1) is 0 Å². The molecule has 0 saturated heterocycles. The average Bonchev–Trinajstić information content (AvgIpc) is 2.51. The van der Waals surface area contributed by atoms with Crippen molar-refractivity contribution in [3.8, 4) is 0 Å². The molecule has 0 fully saturated rings. The van der Waals surface area contributed by atoms with E-state index >= 15 is 0 Å². The highest BCUT2D eigenvalue weighted by Gasteiger charge is 2.18. The van der Waals surface area contributed by atoms with E-state index in [1.807, 2.05) is 18.7 Å². The fourth-order valence-electron chi connectivity index (χ4n) is 2.64. The Labute approximate surface area is 158 Å². The van der Waals surface area contributed by atoms with E-state index in [-0.39, 0.29) is 5.91 Å². The molecule has 0 rings (SSSR count). The van der Waals surface area contributed by atoms with E-state index in [4.69, 9.17) is 5.11 Å². The predicted molar refractivity (Wildman–Crippen MR) is 108 cm³/mol. The van der Waals surface area contributed by atoms with E-state index < -0.39 is 12.0 Å². The van der Waals surface area contributed by atoms with Gasteiger partial charge in [0.1, 0.15) is 6.04 Å². The van der Waals surface area contributed by atoms with Crippen LogP contribution in [0.4, 0.5) is 0 Å². The topological polar surface area (TPSA) is 66.4 Å². The standard InChI is InChI=1S/C20H39NO3S/c1-5-14-17(19(23)24)21-18(22)15-12-10-8-6-7-9-11-13-16-25-20(2,3)4/h17H,5-16H2,1-4H3,(H,21,22)(H,23,24). The van der Waals surface area contributed by atoms with Gasteiger partial charge in [-0.15, -0.1) is 0 Å². The van der Waals surface area contributed by atoms with Gasteiger partial charge in [-0.3, -0.25) is 4.79 Å². The van der Waals surface area contributed by atoms with Crippen LogP contribution < -0.4 is 5.32 Å². The van der Waals surface area contributed by atoms with Crippen molar-refractivity contribution < 1.29 is 14.7 Å². The van der Waals surface area contributed by atoms with E-state index in [1.54, 1.807) is 0 Å². The number of amides is 1. The minimum atomic E-state index is -0.934. The van der Waals surface area contributed by atoms with Gasteiger partial charge in [0, 0.05) is 11.2 Å². The summed E-state index contributed by atoms with van der Waals surface area (Å²) in [7, 11) is 0. The highest BCUT2D eigenvalue weighted by molar-refractivity contribution is 8.00. The summed E-state index contributed by atoms with van der Waals surface area (Å²) >= 11 is 2.05. The zero-order valence-electron chi connectivity index (χ0n) is 16.7. The Hall–Kier alpha value is -0.710. The van der Waals surface area contributed by atoms with E-state index in [2.05, 4.69) is 26.1 Å². The number of carbonyl (C=O) groups is 2. The summed E-state index contributed by atoms with van der Waals surface area (Å²) in [6.45, 7) is 8.72. The smallest absolute Gasteiger partial charge is 0.326 e. The molecule has 2 N–H and O–H groups in total. The Morgan fingerprint density at radius 3 is 1.96 bits per heavy atom. The Kier molecular flexibility index (Phi) is 14.0. The van der Waals surface area contributed by atoms with Gasteiger partial charge in [0.2, 0.25) is 5.91 Å². The number of rotatable bonds is 15. The van der Waals surface area contributed by atoms with Gasteiger partial charge in [-0.05, 0) is 25.0 Å². The van der Waals surface area contributed by atoms with Crippen LogP contribution in [0.3, 0.4) is 0 Å². The van der Waals surface area contributed by atoms with E-state index in [0.29, 0.717) is 17.6 Å². The predicted octanol–water partition coefficient (Wildman–Crippen LogP) is 5.40. The minimum absolute atomic E-state index is 0.128. The van der Waals surface area contributed by atoms with Crippen molar-refractivity contribution in [2.75, 3.05) is 5.75 Å². The largest absolute Gasteiger partial charge is 0.480 e. The van der Waals surface area contributed by atoms with Crippen LogP contribution in [-0.4, -0.2) is 33.5 Å². The van der Waals surface area contributed by atoms with Crippen molar-refractivity contribution in [2.24, 2.45) is 0 Å². The lowest BCUT2D eigenvalue weighted by Crippen LogP contribution is -2.40. The maximum atomic E-state index is 11.8. The van der Waals surface area contributed by atoms with Gasteiger partial charge in [0.25, 0.3) is 0 Å².